The van der Waals surface area contributed by atoms with Gasteiger partial charge in [0, 0.05) is 12.2 Å². The first-order chi connectivity index (χ1) is 14.2. The van der Waals surface area contributed by atoms with Crippen LogP contribution in [-0.4, -0.2) is 43.8 Å². The van der Waals surface area contributed by atoms with Gasteiger partial charge < -0.3 is 19.9 Å². The van der Waals surface area contributed by atoms with E-state index in [0.717, 1.165) is 35.3 Å². The number of fused-ring (bicyclic) bond motifs is 1. The number of hydrogen-bond donors (Lipinski definition) is 2. The van der Waals surface area contributed by atoms with Gasteiger partial charge in [0.25, 0.3) is 0 Å². The summed E-state index contributed by atoms with van der Waals surface area (Å²) in [6.45, 7) is 0.928. The summed E-state index contributed by atoms with van der Waals surface area (Å²) in [6.07, 6.45) is 5.46. The van der Waals surface area contributed by atoms with Crippen LogP contribution >= 0.6 is 11.3 Å². The molecule has 0 aliphatic carbocycles. The van der Waals surface area contributed by atoms with Gasteiger partial charge in [-0.25, -0.2) is 14.4 Å². The quantitative estimate of drug-likeness (QED) is 0.522. The third-order valence-corrected chi connectivity index (χ3v) is 5.92. The number of nitrogens with one attached hydrogen (secondary N) is 1. The number of aromatic nitrogens is 4. The predicted octanol–water partition coefficient (Wildman–Crippen LogP) is 3.72. The van der Waals surface area contributed by atoms with E-state index in [1.54, 1.807) is 29.8 Å². The molecule has 7 nitrogen and oxygen atoms in total. The Morgan fingerprint density at radius 3 is 2.90 bits per heavy atom. The maximum atomic E-state index is 13.2. The van der Waals surface area contributed by atoms with E-state index in [2.05, 4.69) is 15.2 Å². The number of rotatable bonds is 5. The van der Waals surface area contributed by atoms with Crippen molar-refractivity contribution in [1.82, 2.24) is 19.5 Å². The second kappa shape index (κ2) is 7.41. The highest BCUT2D eigenvalue weighted by Gasteiger charge is 2.27. The molecule has 1 fully saturated rings. The number of halogens is 1. The first-order valence-electron chi connectivity index (χ1n) is 9.41. The van der Waals surface area contributed by atoms with Crippen LogP contribution in [0.25, 0.3) is 15.9 Å². The molecule has 1 atom stereocenters. The molecule has 29 heavy (non-hydrogen) atoms. The maximum absolute atomic E-state index is 13.2. The lowest BCUT2D eigenvalue weighted by molar-refractivity contribution is 0.265. The molecule has 3 aromatic heterocycles. The molecule has 0 spiro atoms. The van der Waals surface area contributed by atoms with Crippen LogP contribution in [0.5, 0.6) is 0 Å². The molecule has 4 heterocycles. The summed E-state index contributed by atoms with van der Waals surface area (Å²) >= 11 is 1.56. The zero-order chi connectivity index (χ0) is 19.8. The Kier molecular flexibility index (Phi) is 4.61. The van der Waals surface area contributed by atoms with Gasteiger partial charge >= 0.3 is 0 Å². The van der Waals surface area contributed by atoms with E-state index in [4.69, 9.17) is 9.97 Å². The lowest BCUT2D eigenvalue weighted by Gasteiger charge is -2.23. The van der Waals surface area contributed by atoms with Gasteiger partial charge in [-0.1, -0.05) is 0 Å². The molecule has 1 aromatic carbocycles. The van der Waals surface area contributed by atoms with Crippen molar-refractivity contribution in [3.05, 3.63) is 54.1 Å². The largest absolute Gasteiger partial charge is 0.394 e. The Morgan fingerprint density at radius 1 is 1.21 bits per heavy atom. The summed E-state index contributed by atoms with van der Waals surface area (Å²) in [4.78, 5) is 16.8. The molecule has 2 N–H and O–H groups in total. The van der Waals surface area contributed by atoms with Gasteiger partial charge in [-0.05, 0) is 48.6 Å². The maximum Gasteiger partial charge on any atom is 0.229 e. The average Bonchev–Trinajstić information content (AvgIpc) is 3.48. The van der Waals surface area contributed by atoms with Crippen LogP contribution in [-0.2, 0) is 0 Å². The number of hydrogen-bond acceptors (Lipinski definition) is 7. The van der Waals surface area contributed by atoms with Crippen LogP contribution in [0.4, 0.5) is 22.0 Å². The molecule has 0 amide bonds. The Balaban J connectivity index is 1.47. The third-order valence-electron chi connectivity index (χ3n) is 5.11. The van der Waals surface area contributed by atoms with Gasteiger partial charge in [0.05, 0.1) is 24.2 Å². The first-order valence-corrected chi connectivity index (χ1v) is 10.3. The van der Waals surface area contributed by atoms with Crippen molar-refractivity contribution >= 4 is 39.1 Å². The Morgan fingerprint density at radius 2 is 2.07 bits per heavy atom. The van der Waals surface area contributed by atoms with E-state index < -0.39 is 0 Å². The van der Waals surface area contributed by atoms with Gasteiger partial charge in [-0.2, -0.15) is 4.98 Å². The van der Waals surface area contributed by atoms with Crippen molar-refractivity contribution in [2.24, 2.45) is 0 Å². The molecule has 0 radical (unpaired) electrons. The average molecular weight is 410 g/mol. The molecule has 1 saturated heterocycles. The monoisotopic (exact) mass is 410 g/mol. The standard InChI is InChI=1S/C20H19FN6OS/c21-13-3-5-14(6-4-13)26-10-17(22-12-26)23-18-16-7-9-29-19(16)25-20(24-18)27-8-1-2-15(27)11-28/h3-7,9-10,12,15,28H,1-2,8,11H2,(H,23,24,25)/t15-/m0/s1. The molecule has 1 aliphatic heterocycles. The predicted molar refractivity (Wildman–Crippen MR) is 112 cm³/mol. The second-order valence-corrected chi connectivity index (χ2v) is 7.85. The van der Waals surface area contributed by atoms with Gasteiger partial charge in [-0.3, -0.25) is 0 Å². The van der Waals surface area contributed by atoms with Gasteiger partial charge in [0.2, 0.25) is 5.95 Å². The lowest BCUT2D eigenvalue weighted by Crippen LogP contribution is -2.33. The van der Waals surface area contributed by atoms with Crippen LogP contribution in [0.3, 0.4) is 0 Å². The van der Waals surface area contributed by atoms with Gasteiger partial charge in [0.1, 0.15) is 28.6 Å². The van der Waals surface area contributed by atoms with Gasteiger partial charge in [-0.15, -0.1) is 11.3 Å². The summed E-state index contributed by atoms with van der Waals surface area (Å²) in [5.41, 5.74) is 0.818. The van der Waals surface area contributed by atoms with E-state index in [1.165, 1.54) is 12.1 Å². The molecular weight excluding hydrogens is 391 g/mol. The number of aliphatic hydroxyl groups is 1. The summed E-state index contributed by atoms with van der Waals surface area (Å²) in [6, 6.07) is 8.27. The number of nitrogens with zero attached hydrogens (tertiary/aromatic N) is 5. The van der Waals surface area contributed by atoms with Crippen molar-refractivity contribution in [3.8, 4) is 5.69 Å². The number of anilines is 3. The van der Waals surface area contributed by atoms with E-state index in [-0.39, 0.29) is 18.5 Å². The molecule has 4 aromatic rings. The number of benzene rings is 1. The molecule has 148 valence electrons. The fraction of sp³-hybridized carbons (Fsp3) is 0.250. The topological polar surface area (TPSA) is 79.1 Å². The van der Waals surface area contributed by atoms with Crippen LogP contribution in [0.2, 0.25) is 0 Å². The van der Waals surface area contributed by atoms with Crippen LogP contribution in [0.15, 0.2) is 48.2 Å². The zero-order valence-corrected chi connectivity index (χ0v) is 16.3. The summed E-state index contributed by atoms with van der Waals surface area (Å²) in [7, 11) is 0. The van der Waals surface area contributed by atoms with E-state index in [9.17, 15) is 9.50 Å². The lowest BCUT2D eigenvalue weighted by atomic mass is 10.2. The number of aliphatic hydroxyl groups excluding tert-OH is 1. The highest BCUT2D eigenvalue weighted by Crippen LogP contribution is 2.31. The van der Waals surface area contributed by atoms with Crippen LogP contribution < -0.4 is 10.2 Å². The molecule has 0 unspecified atom stereocenters. The minimum absolute atomic E-state index is 0.0537. The molecule has 5 rings (SSSR count). The Hall–Kier alpha value is -3.04. The van der Waals surface area contributed by atoms with E-state index in [1.807, 2.05) is 22.2 Å². The molecular formula is C20H19FN6OS. The van der Waals surface area contributed by atoms with Crippen molar-refractivity contribution in [2.45, 2.75) is 18.9 Å². The first kappa shape index (κ1) is 18.0. The third kappa shape index (κ3) is 3.43. The minimum Gasteiger partial charge on any atom is -0.394 e. The van der Waals surface area contributed by atoms with E-state index in [0.29, 0.717) is 17.6 Å². The highest BCUT2D eigenvalue weighted by molar-refractivity contribution is 7.16. The number of thiophene rings is 1. The smallest absolute Gasteiger partial charge is 0.229 e. The minimum atomic E-state index is -0.274. The normalized spacial score (nSPS) is 16.6. The van der Waals surface area contributed by atoms with Crippen LogP contribution in [0, 0.1) is 5.82 Å². The molecule has 1 aliphatic rings. The van der Waals surface area contributed by atoms with Crippen molar-refractivity contribution in [1.29, 1.82) is 0 Å². The Labute approximate surface area is 170 Å². The number of imidazole rings is 1. The van der Waals surface area contributed by atoms with E-state index >= 15 is 0 Å². The fourth-order valence-electron chi connectivity index (χ4n) is 3.62. The SMILES string of the molecule is OC[C@@H]1CCCN1c1nc(Nc2cn(-c3ccc(F)cc3)cn2)c2ccsc2n1. The highest BCUT2D eigenvalue weighted by atomic mass is 32.1. The van der Waals surface area contributed by atoms with Crippen molar-refractivity contribution in [3.63, 3.8) is 0 Å². The zero-order valence-electron chi connectivity index (χ0n) is 15.5. The summed E-state index contributed by atoms with van der Waals surface area (Å²) in [5.74, 6) is 1.66. The Bertz CT molecular complexity index is 1140. The molecule has 9 heteroatoms. The van der Waals surface area contributed by atoms with Crippen molar-refractivity contribution in [2.75, 3.05) is 23.4 Å². The van der Waals surface area contributed by atoms with Crippen molar-refractivity contribution < 1.29 is 9.50 Å². The van der Waals surface area contributed by atoms with Crippen LogP contribution in [0.1, 0.15) is 12.8 Å². The summed E-state index contributed by atoms with van der Waals surface area (Å²) in [5, 5.41) is 15.9. The second-order valence-electron chi connectivity index (χ2n) is 6.95. The fourth-order valence-corrected chi connectivity index (χ4v) is 4.38. The molecule has 0 saturated carbocycles. The summed E-state index contributed by atoms with van der Waals surface area (Å²) < 4.78 is 15.0. The van der Waals surface area contributed by atoms with Gasteiger partial charge in [0.15, 0.2) is 0 Å². The molecule has 0 bridgehead atoms.